The summed E-state index contributed by atoms with van der Waals surface area (Å²) in [6, 6.07) is 5.35. The van der Waals surface area contributed by atoms with Crippen LogP contribution in [0.3, 0.4) is 0 Å². The first kappa shape index (κ1) is 10.8. The molecule has 0 saturated heterocycles. The van der Waals surface area contributed by atoms with Crippen molar-refractivity contribution in [1.29, 1.82) is 0 Å². The Morgan fingerprint density at radius 2 is 1.94 bits per heavy atom. The molecule has 0 amide bonds. The SMILES string of the molecule is Cc1cc(B(O)O)cc(-c2cnccn2)c1. The predicted molar refractivity (Wildman–Crippen MR) is 62.0 cm³/mol. The van der Waals surface area contributed by atoms with Crippen LogP contribution in [0.5, 0.6) is 0 Å². The zero-order chi connectivity index (χ0) is 11.5. The highest BCUT2D eigenvalue weighted by Gasteiger charge is 2.12. The highest BCUT2D eigenvalue weighted by atomic mass is 16.4. The molecule has 2 rings (SSSR count). The Morgan fingerprint density at radius 3 is 2.56 bits per heavy atom. The smallest absolute Gasteiger partial charge is 0.423 e. The van der Waals surface area contributed by atoms with Crippen molar-refractivity contribution in [3.63, 3.8) is 0 Å². The minimum Gasteiger partial charge on any atom is -0.423 e. The highest BCUT2D eigenvalue weighted by molar-refractivity contribution is 6.58. The van der Waals surface area contributed by atoms with E-state index >= 15 is 0 Å². The fraction of sp³-hybridized carbons (Fsp3) is 0.0909. The number of hydrogen-bond donors (Lipinski definition) is 2. The van der Waals surface area contributed by atoms with Crippen molar-refractivity contribution in [2.45, 2.75) is 6.92 Å². The van der Waals surface area contributed by atoms with Crippen LogP contribution in [0, 0.1) is 6.92 Å². The van der Waals surface area contributed by atoms with Crippen LogP contribution in [0.2, 0.25) is 0 Å². The summed E-state index contributed by atoms with van der Waals surface area (Å²) in [5.74, 6) is 0. The van der Waals surface area contributed by atoms with Crippen LogP contribution in [0.25, 0.3) is 11.3 Å². The second-order valence-corrected chi connectivity index (χ2v) is 3.60. The van der Waals surface area contributed by atoms with Crippen molar-refractivity contribution < 1.29 is 10.0 Å². The predicted octanol–water partition coefficient (Wildman–Crippen LogP) is 0.132. The third kappa shape index (κ3) is 2.26. The molecule has 4 nitrogen and oxygen atoms in total. The standard InChI is InChI=1S/C11H11BN2O2/c1-8-4-9(6-10(5-8)12(15)16)11-7-13-2-3-14-11/h2-7,15-16H,1H3. The lowest BCUT2D eigenvalue weighted by Crippen LogP contribution is -2.30. The summed E-state index contributed by atoms with van der Waals surface area (Å²) in [6.45, 7) is 1.89. The zero-order valence-electron chi connectivity index (χ0n) is 8.83. The molecule has 0 aliphatic carbocycles. The maximum Gasteiger partial charge on any atom is 0.488 e. The van der Waals surface area contributed by atoms with Crippen LogP contribution in [-0.4, -0.2) is 27.1 Å². The van der Waals surface area contributed by atoms with E-state index in [0.717, 1.165) is 11.1 Å². The number of aryl methyl sites for hydroxylation is 1. The van der Waals surface area contributed by atoms with Crippen LogP contribution in [0.4, 0.5) is 0 Å². The van der Waals surface area contributed by atoms with Gasteiger partial charge in [0, 0.05) is 18.0 Å². The van der Waals surface area contributed by atoms with Crippen molar-refractivity contribution in [3.8, 4) is 11.3 Å². The van der Waals surface area contributed by atoms with Gasteiger partial charge in [-0.05, 0) is 18.5 Å². The average Bonchev–Trinajstić information content (AvgIpc) is 2.29. The van der Waals surface area contributed by atoms with E-state index in [0.29, 0.717) is 11.2 Å². The first-order valence-electron chi connectivity index (χ1n) is 4.91. The van der Waals surface area contributed by atoms with E-state index in [1.54, 1.807) is 30.7 Å². The molecule has 0 aliphatic heterocycles. The molecule has 0 unspecified atom stereocenters. The molecule has 0 spiro atoms. The number of nitrogens with zero attached hydrogens (tertiary/aromatic N) is 2. The molecule has 0 fully saturated rings. The summed E-state index contributed by atoms with van der Waals surface area (Å²) in [6.07, 6.45) is 4.84. The third-order valence-corrected chi connectivity index (χ3v) is 2.26. The molecule has 5 heteroatoms. The van der Waals surface area contributed by atoms with Gasteiger partial charge >= 0.3 is 7.12 Å². The molecule has 16 heavy (non-hydrogen) atoms. The van der Waals surface area contributed by atoms with Gasteiger partial charge in [0.1, 0.15) is 0 Å². The molecule has 0 atom stereocenters. The third-order valence-electron chi connectivity index (χ3n) is 2.26. The van der Waals surface area contributed by atoms with E-state index < -0.39 is 7.12 Å². The lowest BCUT2D eigenvalue weighted by atomic mass is 9.78. The Balaban J connectivity index is 2.50. The summed E-state index contributed by atoms with van der Waals surface area (Å²) in [5, 5.41) is 18.3. The van der Waals surface area contributed by atoms with Gasteiger partial charge in [-0.25, -0.2) is 0 Å². The van der Waals surface area contributed by atoms with E-state index in [2.05, 4.69) is 9.97 Å². The lowest BCUT2D eigenvalue weighted by molar-refractivity contribution is 0.426. The first-order chi connectivity index (χ1) is 7.66. The zero-order valence-corrected chi connectivity index (χ0v) is 8.83. The molecule has 0 aliphatic rings. The fourth-order valence-corrected chi connectivity index (χ4v) is 1.56. The first-order valence-corrected chi connectivity index (χ1v) is 4.91. The average molecular weight is 214 g/mol. The van der Waals surface area contributed by atoms with Crippen LogP contribution in [-0.2, 0) is 0 Å². The number of rotatable bonds is 2. The quantitative estimate of drug-likeness (QED) is 0.697. The van der Waals surface area contributed by atoms with Gasteiger partial charge in [0.05, 0.1) is 11.9 Å². The minimum absolute atomic E-state index is 0.459. The molecule has 2 N–H and O–H groups in total. The van der Waals surface area contributed by atoms with Crippen molar-refractivity contribution in [2.24, 2.45) is 0 Å². The Labute approximate surface area is 93.8 Å². The van der Waals surface area contributed by atoms with Gasteiger partial charge in [0.25, 0.3) is 0 Å². The number of hydrogen-bond acceptors (Lipinski definition) is 4. The van der Waals surface area contributed by atoms with Gasteiger partial charge in [-0.2, -0.15) is 0 Å². The number of benzene rings is 1. The molecule has 1 aromatic heterocycles. The second kappa shape index (κ2) is 4.43. The van der Waals surface area contributed by atoms with Gasteiger partial charge in [-0.1, -0.05) is 17.7 Å². The molecule has 0 saturated carbocycles. The van der Waals surface area contributed by atoms with Crippen molar-refractivity contribution >= 4 is 12.6 Å². The van der Waals surface area contributed by atoms with E-state index in [1.165, 1.54) is 0 Å². The molecule has 2 aromatic rings. The van der Waals surface area contributed by atoms with E-state index in [9.17, 15) is 0 Å². The molecule has 80 valence electrons. The summed E-state index contributed by atoms with van der Waals surface area (Å²) in [5.41, 5.74) is 2.95. The maximum absolute atomic E-state index is 9.14. The molecular weight excluding hydrogens is 203 g/mol. The molecule has 0 bridgehead atoms. The Hall–Kier alpha value is -1.72. The van der Waals surface area contributed by atoms with Crippen molar-refractivity contribution in [3.05, 3.63) is 42.4 Å². The Kier molecular flexibility index (Phi) is 2.98. The molecule has 1 aromatic carbocycles. The largest absolute Gasteiger partial charge is 0.488 e. The Bertz CT molecular complexity index is 489. The van der Waals surface area contributed by atoms with Crippen LogP contribution in [0.15, 0.2) is 36.8 Å². The summed E-state index contributed by atoms with van der Waals surface area (Å²) in [4.78, 5) is 8.14. The molecule has 0 radical (unpaired) electrons. The van der Waals surface area contributed by atoms with Gasteiger partial charge in [-0.15, -0.1) is 0 Å². The second-order valence-electron chi connectivity index (χ2n) is 3.60. The van der Waals surface area contributed by atoms with E-state index in [4.69, 9.17) is 10.0 Å². The fourth-order valence-electron chi connectivity index (χ4n) is 1.56. The van der Waals surface area contributed by atoms with E-state index in [-0.39, 0.29) is 0 Å². The van der Waals surface area contributed by atoms with Crippen molar-refractivity contribution in [2.75, 3.05) is 0 Å². The van der Waals surface area contributed by atoms with Crippen molar-refractivity contribution in [1.82, 2.24) is 9.97 Å². The van der Waals surface area contributed by atoms with Crippen LogP contribution in [0.1, 0.15) is 5.56 Å². The lowest BCUT2D eigenvalue weighted by Gasteiger charge is -2.06. The van der Waals surface area contributed by atoms with E-state index in [1.807, 2.05) is 13.0 Å². The molecule has 1 heterocycles. The normalized spacial score (nSPS) is 10.2. The Morgan fingerprint density at radius 1 is 1.12 bits per heavy atom. The number of aromatic nitrogens is 2. The topological polar surface area (TPSA) is 66.2 Å². The molecular formula is C11H11BN2O2. The monoisotopic (exact) mass is 214 g/mol. The highest BCUT2D eigenvalue weighted by Crippen LogP contribution is 2.15. The maximum atomic E-state index is 9.14. The van der Waals surface area contributed by atoms with Crippen LogP contribution < -0.4 is 5.46 Å². The van der Waals surface area contributed by atoms with Gasteiger partial charge in [0.15, 0.2) is 0 Å². The van der Waals surface area contributed by atoms with Gasteiger partial charge in [0.2, 0.25) is 0 Å². The minimum atomic E-state index is -1.46. The summed E-state index contributed by atoms with van der Waals surface area (Å²) in [7, 11) is -1.46. The van der Waals surface area contributed by atoms with Gasteiger partial charge in [-0.3, -0.25) is 9.97 Å². The summed E-state index contributed by atoms with van der Waals surface area (Å²) >= 11 is 0. The summed E-state index contributed by atoms with van der Waals surface area (Å²) < 4.78 is 0. The van der Waals surface area contributed by atoms with Crippen LogP contribution >= 0.6 is 0 Å². The van der Waals surface area contributed by atoms with Gasteiger partial charge < -0.3 is 10.0 Å².